The first-order valence-electron chi connectivity index (χ1n) is 5.66. The number of benzene rings is 1. The molecule has 18 heavy (non-hydrogen) atoms. The monoisotopic (exact) mass is 286 g/mol. The second-order valence-corrected chi connectivity index (χ2v) is 5.18. The first-order chi connectivity index (χ1) is 8.70. The van der Waals surface area contributed by atoms with Crippen LogP contribution in [-0.2, 0) is 9.53 Å². The molecule has 1 unspecified atom stereocenters. The molecule has 1 amide bonds. The molecule has 98 valence electrons. The minimum absolute atomic E-state index is 0.0948. The van der Waals surface area contributed by atoms with Crippen molar-refractivity contribution in [1.82, 2.24) is 5.32 Å². The van der Waals surface area contributed by atoms with Crippen LogP contribution in [0.25, 0.3) is 0 Å². The van der Waals surface area contributed by atoms with Gasteiger partial charge >= 0.3 is 0 Å². The second-order valence-electron chi connectivity index (χ2n) is 3.92. The van der Waals surface area contributed by atoms with Gasteiger partial charge in [0.1, 0.15) is 6.04 Å². The summed E-state index contributed by atoms with van der Waals surface area (Å²) in [5, 5.41) is 6.58. The van der Waals surface area contributed by atoms with Crippen molar-refractivity contribution in [2.45, 2.75) is 10.9 Å². The number of ether oxygens (including phenoxy) is 1. The van der Waals surface area contributed by atoms with Gasteiger partial charge in [0.2, 0.25) is 5.91 Å². The van der Waals surface area contributed by atoms with Crippen LogP contribution in [0.15, 0.2) is 23.1 Å². The minimum Gasteiger partial charge on any atom is -0.378 e. The number of hydrogen-bond acceptors (Lipinski definition) is 4. The van der Waals surface area contributed by atoms with Crippen LogP contribution in [0.2, 0.25) is 5.02 Å². The van der Waals surface area contributed by atoms with Crippen LogP contribution in [0, 0.1) is 0 Å². The summed E-state index contributed by atoms with van der Waals surface area (Å²) in [7, 11) is 0. The van der Waals surface area contributed by atoms with Crippen molar-refractivity contribution in [3.05, 3.63) is 23.2 Å². The molecule has 4 nitrogen and oxygen atoms in total. The number of amides is 1. The highest BCUT2D eigenvalue weighted by Gasteiger charge is 2.21. The van der Waals surface area contributed by atoms with Gasteiger partial charge in [0.25, 0.3) is 0 Å². The first kappa shape index (κ1) is 13.7. The van der Waals surface area contributed by atoms with Crippen molar-refractivity contribution in [2.75, 3.05) is 31.3 Å². The SMILES string of the molecule is CSc1ccc(NC(=O)C2COCCN2)cc1Cl. The number of carbonyl (C=O) groups excluding carboxylic acids is 1. The molecular formula is C12H15ClN2O2S. The fourth-order valence-electron chi connectivity index (χ4n) is 1.71. The lowest BCUT2D eigenvalue weighted by molar-refractivity contribution is -0.120. The topological polar surface area (TPSA) is 50.4 Å². The zero-order valence-electron chi connectivity index (χ0n) is 10.0. The number of nitrogens with one attached hydrogen (secondary N) is 2. The summed E-state index contributed by atoms with van der Waals surface area (Å²) >= 11 is 7.66. The van der Waals surface area contributed by atoms with Crippen LogP contribution < -0.4 is 10.6 Å². The third-order valence-electron chi connectivity index (χ3n) is 2.66. The zero-order valence-corrected chi connectivity index (χ0v) is 11.6. The van der Waals surface area contributed by atoms with E-state index in [-0.39, 0.29) is 11.9 Å². The van der Waals surface area contributed by atoms with Crippen molar-refractivity contribution in [3.63, 3.8) is 0 Å². The van der Waals surface area contributed by atoms with E-state index in [9.17, 15) is 4.79 Å². The van der Waals surface area contributed by atoms with Crippen LogP contribution >= 0.6 is 23.4 Å². The van der Waals surface area contributed by atoms with E-state index in [1.807, 2.05) is 18.4 Å². The van der Waals surface area contributed by atoms with E-state index in [4.69, 9.17) is 16.3 Å². The molecule has 6 heteroatoms. The lowest BCUT2D eigenvalue weighted by Crippen LogP contribution is -2.48. The van der Waals surface area contributed by atoms with Gasteiger partial charge in [0.05, 0.1) is 18.2 Å². The Morgan fingerprint density at radius 2 is 2.44 bits per heavy atom. The van der Waals surface area contributed by atoms with Gasteiger partial charge in [0, 0.05) is 17.1 Å². The van der Waals surface area contributed by atoms with Gasteiger partial charge in [-0.3, -0.25) is 4.79 Å². The van der Waals surface area contributed by atoms with Crippen LogP contribution in [-0.4, -0.2) is 38.0 Å². The van der Waals surface area contributed by atoms with Gasteiger partial charge in [-0.1, -0.05) is 11.6 Å². The molecule has 1 atom stereocenters. The second kappa shape index (κ2) is 6.43. The molecule has 0 bridgehead atoms. The van der Waals surface area contributed by atoms with Crippen LogP contribution in [0.1, 0.15) is 0 Å². The molecule has 1 aliphatic rings. The summed E-state index contributed by atoms with van der Waals surface area (Å²) in [6.07, 6.45) is 1.96. The van der Waals surface area contributed by atoms with E-state index in [1.54, 1.807) is 17.8 Å². The minimum atomic E-state index is -0.294. The number of anilines is 1. The van der Waals surface area contributed by atoms with Crippen molar-refractivity contribution in [1.29, 1.82) is 0 Å². The molecule has 1 aliphatic heterocycles. The summed E-state index contributed by atoms with van der Waals surface area (Å²) < 4.78 is 5.25. The molecule has 1 aromatic carbocycles. The predicted octanol–water partition coefficient (Wildman–Crippen LogP) is 1.99. The molecule has 1 saturated heterocycles. The van der Waals surface area contributed by atoms with E-state index in [2.05, 4.69) is 10.6 Å². The highest BCUT2D eigenvalue weighted by molar-refractivity contribution is 7.98. The molecule has 0 spiro atoms. The molecule has 2 N–H and O–H groups in total. The quantitative estimate of drug-likeness (QED) is 0.835. The lowest BCUT2D eigenvalue weighted by Gasteiger charge is -2.23. The third-order valence-corrected chi connectivity index (χ3v) is 3.88. The summed E-state index contributed by atoms with van der Waals surface area (Å²) in [6, 6.07) is 5.21. The highest BCUT2D eigenvalue weighted by Crippen LogP contribution is 2.27. The van der Waals surface area contributed by atoms with E-state index in [0.717, 1.165) is 4.90 Å². The number of halogens is 1. The fourth-order valence-corrected chi connectivity index (χ4v) is 2.58. The van der Waals surface area contributed by atoms with Gasteiger partial charge in [-0.15, -0.1) is 11.8 Å². The highest BCUT2D eigenvalue weighted by atomic mass is 35.5. The first-order valence-corrected chi connectivity index (χ1v) is 7.26. The van der Waals surface area contributed by atoms with Gasteiger partial charge in [-0.05, 0) is 24.5 Å². The van der Waals surface area contributed by atoms with Gasteiger partial charge < -0.3 is 15.4 Å². The molecule has 0 saturated carbocycles. The zero-order chi connectivity index (χ0) is 13.0. The third kappa shape index (κ3) is 3.38. The normalized spacial score (nSPS) is 19.6. The Hall–Kier alpha value is -0.750. The number of hydrogen-bond donors (Lipinski definition) is 2. The number of morpholine rings is 1. The average Bonchev–Trinajstić information content (AvgIpc) is 2.40. The van der Waals surface area contributed by atoms with Crippen molar-refractivity contribution in [2.24, 2.45) is 0 Å². The summed E-state index contributed by atoms with van der Waals surface area (Å²) in [6.45, 7) is 1.75. The Balaban J connectivity index is 2.00. The average molecular weight is 287 g/mol. The number of thioether (sulfide) groups is 1. The predicted molar refractivity (Wildman–Crippen MR) is 74.5 cm³/mol. The Labute approximate surface area is 115 Å². The van der Waals surface area contributed by atoms with E-state index in [1.165, 1.54) is 0 Å². The molecule has 1 heterocycles. The maximum atomic E-state index is 11.9. The maximum absolute atomic E-state index is 11.9. The number of rotatable bonds is 3. The molecule has 0 radical (unpaired) electrons. The van der Waals surface area contributed by atoms with Crippen LogP contribution in [0.3, 0.4) is 0 Å². The van der Waals surface area contributed by atoms with Gasteiger partial charge in [0.15, 0.2) is 0 Å². The van der Waals surface area contributed by atoms with E-state index in [0.29, 0.717) is 30.5 Å². The number of carbonyl (C=O) groups is 1. The van der Waals surface area contributed by atoms with E-state index >= 15 is 0 Å². The Bertz CT molecular complexity index is 436. The molecule has 1 aromatic rings. The summed E-state index contributed by atoms with van der Waals surface area (Å²) in [5.74, 6) is -0.0948. The largest absolute Gasteiger partial charge is 0.378 e. The van der Waals surface area contributed by atoms with Gasteiger partial charge in [-0.2, -0.15) is 0 Å². The van der Waals surface area contributed by atoms with Crippen LogP contribution in [0.5, 0.6) is 0 Å². The molecule has 1 fully saturated rings. The van der Waals surface area contributed by atoms with Crippen LogP contribution in [0.4, 0.5) is 5.69 Å². The molecular weight excluding hydrogens is 272 g/mol. The standard InChI is InChI=1S/C12H15ClN2O2S/c1-18-11-3-2-8(6-9(11)13)15-12(16)10-7-17-5-4-14-10/h2-3,6,10,14H,4-5,7H2,1H3,(H,15,16). The maximum Gasteiger partial charge on any atom is 0.243 e. The van der Waals surface area contributed by atoms with Crippen molar-refractivity contribution in [3.8, 4) is 0 Å². The summed E-state index contributed by atoms with van der Waals surface area (Å²) in [5.41, 5.74) is 0.704. The Morgan fingerprint density at radius 3 is 3.06 bits per heavy atom. The van der Waals surface area contributed by atoms with Crippen molar-refractivity contribution >= 4 is 35.0 Å². The van der Waals surface area contributed by atoms with E-state index < -0.39 is 0 Å². The van der Waals surface area contributed by atoms with Crippen molar-refractivity contribution < 1.29 is 9.53 Å². The molecule has 2 rings (SSSR count). The molecule has 0 aromatic heterocycles. The molecule has 0 aliphatic carbocycles. The smallest absolute Gasteiger partial charge is 0.243 e. The lowest BCUT2D eigenvalue weighted by atomic mass is 10.2. The summed E-state index contributed by atoms with van der Waals surface area (Å²) in [4.78, 5) is 12.9. The Morgan fingerprint density at radius 1 is 1.61 bits per heavy atom. The van der Waals surface area contributed by atoms with Gasteiger partial charge in [-0.25, -0.2) is 0 Å². The fraction of sp³-hybridized carbons (Fsp3) is 0.417. The Kier molecular flexibility index (Phi) is 4.88.